The normalized spacial score (nSPS) is 12.6. The predicted octanol–water partition coefficient (Wildman–Crippen LogP) is 3.87. The van der Waals surface area contributed by atoms with E-state index in [0.717, 1.165) is 51.4 Å². The van der Waals surface area contributed by atoms with Crippen LogP contribution in [0.3, 0.4) is 0 Å². The summed E-state index contributed by atoms with van der Waals surface area (Å²) in [5, 5.41) is 59.1. The van der Waals surface area contributed by atoms with Crippen molar-refractivity contribution in [3.8, 4) is 0 Å². The molecule has 0 unspecified atom stereocenters. The average molecular weight is 1150 g/mol. The summed E-state index contributed by atoms with van der Waals surface area (Å²) in [4.78, 5) is 131. The smallest absolute Gasteiger partial charge is 0.326 e. The summed E-state index contributed by atoms with van der Waals surface area (Å²) < 4.78 is 21.3. The van der Waals surface area contributed by atoms with Crippen LogP contribution in [-0.2, 0) is 71.7 Å². The Morgan fingerprint density at radius 3 is 1.29 bits per heavy atom. The summed E-state index contributed by atoms with van der Waals surface area (Å²) in [5.41, 5.74) is 0. The second kappa shape index (κ2) is 50.3. The summed E-state index contributed by atoms with van der Waals surface area (Å²) in [7, 11) is 0. The Balaban J connectivity index is 0. The topological polar surface area (TPSA) is 386 Å². The zero-order valence-electron chi connectivity index (χ0n) is 47.2. The Kier molecular flexibility index (Phi) is 46.8. The van der Waals surface area contributed by atoms with Crippen LogP contribution in [0.25, 0.3) is 0 Å². The first kappa shape index (κ1) is 74.4. The van der Waals surface area contributed by atoms with E-state index in [1.165, 1.54) is 32.1 Å². The van der Waals surface area contributed by atoms with Crippen molar-refractivity contribution in [2.45, 2.75) is 192 Å². The van der Waals surface area contributed by atoms with E-state index in [2.05, 4.69) is 26.6 Å². The van der Waals surface area contributed by atoms with E-state index in [1.54, 1.807) is 0 Å². The van der Waals surface area contributed by atoms with E-state index >= 15 is 0 Å². The number of rotatable bonds is 57. The van der Waals surface area contributed by atoms with E-state index in [9.17, 15) is 68.1 Å². The van der Waals surface area contributed by atoms with Crippen LogP contribution in [0.15, 0.2) is 0 Å². The van der Waals surface area contributed by atoms with Gasteiger partial charge in [-0.25, -0.2) is 9.59 Å². The van der Waals surface area contributed by atoms with Crippen LogP contribution < -0.4 is 26.6 Å². The number of amides is 5. The van der Waals surface area contributed by atoms with Crippen LogP contribution in [-0.4, -0.2) is 182 Å². The molecule has 25 nitrogen and oxygen atoms in total. The lowest BCUT2D eigenvalue weighted by atomic mass is 9.95. The molecule has 0 aromatic heterocycles. The van der Waals surface area contributed by atoms with E-state index < -0.39 is 90.9 Å². The lowest BCUT2D eigenvalue weighted by Gasteiger charge is -2.16. The fraction of sp³-hybridized carbons (Fsp3) is 0.800. The minimum absolute atomic E-state index is 0. The molecule has 0 saturated heterocycles. The Morgan fingerprint density at radius 2 is 0.825 bits per heavy atom. The first-order valence-electron chi connectivity index (χ1n) is 28.6. The Labute approximate surface area is 472 Å². The highest BCUT2D eigenvalue weighted by Gasteiger charge is 2.26. The number of carbonyl (C=O) groups excluding carboxylic acids is 7. The van der Waals surface area contributed by atoms with Gasteiger partial charge in [-0.2, -0.15) is 0 Å². The molecule has 4 atom stereocenters. The molecular weight excluding hydrogens is 1050 g/mol. The molecule has 80 heavy (non-hydrogen) atoms. The third kappa shape index (κ3) is 45.1. The molecule has 0 aromatic carbocycles. The highest BCUT2D eigenvalue weighted by Crippen LogP contribution is 2.16. The maximum atomic E-state index is 12.5. The Bertz CT molecular complexity index is 1810. The minimum atomic E-state index is -1.40. The van der Waals surface area contributed by atoms with Gasteiger partial charge in [0.25, 0.3) is 0 Å². The molecule has 0 bridgehead atoms. The highest BCUT2D eigenvalue weighted by atomic mass is 16.5. The number of nitrogens with one attached hydrogen (secondary N) is 5. The van der Waals surface area contributed by atoms with Gasteiger partial charge in [0.15, 0.2) is 11.6 Å². The van der Waals surface area contributed by atoms with Crippen molar-refractivity contribution in [3.63, 3.8) is 0 Å². The first-order chi connectivity index (χ1) is 38.4. The van der Waals surface area contributed by atoms with Gasteiger partial charge in [0.2, 0.25) is 29.5 Å². The number of hydrogen-bond acceptors (Lipinski definition) is 16. The number of carboxylic acids is 4. The number of hydrogen-bond donors (Lipinski definition) is 10. The summed E-state index contributed by atoms with van der Waals surface area (Å²) in [5.74, 6) is -9.23. The van der Waals surface area contributed by atoms with Crippen molar-refractivity contribution in [2.75, 3.05) is 79.1 Å². The number of aliphatic hydroxyl groups is 1. The maximum Gasteiger partial charge on any atom is 0.326 e. The van der Waals surface area contributed by atoms with Gasteiger partial charge in [0.1, 0.15) is 31.9 Å². The van der Waals surface area contributed by atoms with Gasteiger partial charge < -0.3 is 71.1 Å². The Morgan fingerprint density at radius 1 is 0.400 bits per heavy atom. The number of unbranched alkanes of at least 4 members (excludes halogenated alkanes) is 14. The standard InChI is InChI=1S/C55H95N5O20.H2/c1-2-41(46(63)38-61)19-17-18-28-56-47(64)26-23-45(55(75)76)60-50(67)25-22-42(53(71)72)37-43(62)39-79-35-33-78-32-30-58-51(68)40-80-36-34-77-31-29-57-48(65)27-24-44(54(73)74)59-49(66)20-15-13-11-9-7-5-3-4-6-8-10-12-14-16-21-52(69)70;/h41-42,44-45,61H,2-40H2,1H3,(H,56,64)(H,57,65)(H,58,68)(H,59,66)(H,60,67)(H,69,70)(H,71,72)(H,73,74)(H,75,76);1H/t41-,42+,44-,45-;/m0./s1. The quantitative estimate of drug-likeness (QED) is 0.0386. The van der Waals surface area contributed by atoms with Crippen LogP contribution in [0.2, 0.25) is 0 Å². The number of ether oxygens (including phenoxy) is 4. The lowest BCUT2D eigenvalue weighted by Crippen LogP contribution is -2.42. The Hall–Kier alpha value is -5.63. The van der Waals surface area contributed by atoms with Crippen LogP contribution in [0.1, 0.15) is 182 Å². The molecule has 0 aromatic rings. The molecule has 0 aliphatic carbocycles. The molecule has 462 valence electrons. The number of ketones is 2. The number of aliphatic hydroxyl groups excluding tert-OH is 1. The van der Waals surface area contributed by atoms with E-state index in [4.69, 9.17) is 29.2 Å². The predicted molar refractivity (Wildman–Crippen MR) is 293 cm³/mol. The molecule has 0 rings (SSSR count). The molecule has 5 amide bonds. The summed E-state index contributed by atoms with van der Waals surface area (Å²) >= 11 is 0. The van der Waals surface area contributed by atoms with Crippen LogP contribution in [0.5, 0.6) is 0 Å². The average Bonchev–Trinajstić information content (AvgIpc) is 3.41. The van der Waals surface area contributed by atoms with Crippen molar-refractivity contribution in [1.82, 2.24) is 26.6 Å². The molecule has 0 saturated carbocycles. The SMILES string of the molecule is CC[C@@H](CCCCNC(=O)CC[C@H](NC(=O)CC[C@H](CC(=O)COCCOCCNC(=O)COCCOCCNC(=O)CC[C@H](NC(=O)CCCCCCCCCCCCCCCCC(=O)O)C(=O)O)C(=O)O)C(=O)O)C(=O)CO.[HH]. The van der Waals surface area contributed by atoms with Gasteiger partial charge in [-0.1, -0.05) is 90.4 Å². The molecule has 0 spiro atoms. The number of aliphatic carboxylic acids is 4. The second-order valence-electron chi connectivity index (χ2n) is 19.8. The van der Waals surface area contributed by atoms with Crippen LogP contribution in [0.4, 0.5) is 0 Å². The van der Waals surface area contributed by atoms with E-state index in [-0.39, 0.29) is 130 Å². The lowest BCUT2D eigenvalue weighted by molar-refractivity contribution is -0.145. The van der Waals surface area contributed by atoms with Crippen molar-refractivity contribution in [2.24, 2.45) is 11.8 Å². The van der Waals surface area contributed by atoms with Gasteiger partial charge in [-0.15, -0.1) is 0 Å². The zero-order chi connectivity index (χ0) is 59.6. The molecular formula is C55H97N5O20. The van der Waals surface area contributed by atoms with Gasteiger partial charge in [-0.3, -0.25) is 43.2 Å². The van der Waals surface area contributed by atoms with Crippen molar-refractivity contribution in [3.05, 3.63) is 0 Å². The van der Waals surface area contributed by atoms with E-state index in [1.807, 2.05) is 6.92 Å². The molecule has 25 heteroatoms. The van der Waals surface area contributed by atoms with Crippen molar-refractivity contribution in [1.29, 1.82) is 0 Å². The highest BCUT2D eigenvalue weighted by molar-refractivity contribution is 5.87. The fourth-order valence-corrected chi connectivity index (χ4v) is 8.24. The van der Waals surface area contributed by atoms with Gasteiger partial charge in [0, 0.05) is 65.5 Å². The molecule has 0 aliphatic heterocycles. The fourth-order valence-electron chi connectivity index (χ4n) is 8.24. The summed E-state index contributed by atoms with van der Waals surface area (Å²) in [6.07, 6.45) is 16.0. The summed E-state index contributed by atoms with van der Waals surface area (Å²) in [6, 6.07) is -2.58. The minimum Gasteiger partial charge on any atom is -0.481 e. The molecule has 0 fully saturated rings. The summed E-state index contributed by atoms with van der Waals surface area (Å²) in [6.45, 7) is 1.85. The number of carbonyl (C=O) groups is 11. The largest absolute Gasteiger partial charge is 0.481 e. The van der Waals surface area contributed by atoms with E-state index in [0.29, 0.717) is 38.6 Å². The van der Waals surface area contributed by atoms with Crippen molar-refractivity contribution < 1.29 is 98.6 Å². The number of carboxylic acid groups (broad SMARTS) is 4. The van der Waals surface area contributed by atoms with Crippen molar-refractivity contribution >= 4 is 65.0 Å². The number of Topliss-reactive ketones (excluding diaryl/α,β-unsaturated/α-hetero) is 2. The van der Waals surface area contributed by atoms with Crippen LogP contribution in [0, 0.1) is 11.8 Å². The second-order valence-corrected chi connectivity index (χ2v) is 19.8. The molecule has 0 aliphatic rings. The third-order valence-corrected chi connectivity index (χ3v) is 13.0. The zero-order valence-corrected chi connectivity index (χ0v) is 47.2. The van der Waals surface area contributed by atoms with Gasteiger partial charge >= 0.3 is 23.9 Å². The molecule has 0 radical (unpaired) electrons. The van der Waals surface area contributed by atoms with Gasteiger partial charge in [0.05, 0.1) is 45.6 Å². The molecule has 10 N–H and O–H groups in total. The molecule has 0 heterocycles. The maximum absolute atomic E-state index is 12.5. The van der Waals surface area contributed by atoms with Crippen LogP contribution >= 0.6 is 0 Å². The van der Waals surface area contributed by atoms with Gasteiger partial charge in [-0.05, 0) is 51.4 Å². The monoisotopic (exact) mass is 1150 g/mol. The first-order valence-corrected chi connectivity index (χ1v) is 28.6. The third-order valence-electron chi connectivity index (χ3n) is 13.0.